The smallest absolute Gasteiger partial charge is 0.261 e. The first-order chi connectivity index (χ1) is 14.1. The molecule has 0 bridgehead atoms. The van der Waals surface area contributed by atoms with Crippen LogP contribution in [0.4, 0.5) is 11.5 Å². The van der Waals surface area contributed by atoms with Crippen molar-refractivity contribution in [3.63, 3.8) is 0 Å². The number of hydrogen-bond donors (Lipinski definition) is 3. The zero-order valence-electron chi connectivity index (χ0n) is 17.0. The highest BCUT2D eigenvalue weighted by Crippen LogP contribution is 2.35. The summed E-state index contributed by atoms with van der Waals surface area (Å²) in [6, 6.07) is 17.5. The molecule has 4 N–H and O–H groups in total. The molecule has 0 saturated heterocycles. The first-order valence-electron chi connectivity index (χ1n) is 9.48. The van der Waals surface area contributed by atoms with Gasteiger partial charge in [0.1, 0.15) is 5.82 Å². The van der Waals surface area contributed by atoms with Crippen LogP contribution in [0.5, 0.6) is 0 Å². The van der Waals surface area contributed by atoms with E-state index in [1.807, 2.05) is 18.2 Å². The predicted octanol–water partition coefficient (Wildman–Crippen LogP) is 4.31. The number of hydrogen-bond acceptors (Lipinski definition) is 5. The molecule has 0 atom stereocenters. The molecule has 2 heterocycles. The molecule has 0 radical (unpaired) electrons. The summed E-state index contributed by atoms with van der Waals surface area (Å²) in [7, 11) is -3.64. The van der Waals surface area contributed by atoms with E-state index in [1.54, 1.807) is 42.5 Å². The fourth-order valence-corrected chi connectivity index (χ4v) is 4.27. The summed E-state index contributed by atoms with van der Waals surface area (Å²) >= 11 is 0. The summed E-state index contributed by atoms with van der Waals surface area (Å²) in [5.74, 6) is 0.446. The van der Waals surface area contributed by atoms with Crippen LogP contribution in [0, 0.1) is 0 Å². The molecule has 0 fully saturated rings. The largest absolute Gasteiger partial charge is 0.383 e. The van der Waals surface area contributed by atoms with Crippen LogP contribution in [0.25, 0.3) is 22.2 Å². The highest BCUT2D eigenvalue weighted by Gasteiger charge is 2.21. The molecule has 4 aromatic rings. The second-order valence-electron chi connectivity index (χ2n) is 8.14. The molecular formula is C22H23N5O2S. The highest BCUT2D eigenvalue weighted by molar-refractivity contribution is 7.92. The Bertz CT molecular complexity index is 1310. The zero-order valence-corrected chi connectivity index (χ0v) is 17.8. The molecule has 0 spiro atoms. The number of aromatic amines is 1. The number of sulfonamides is 1. The third-order valence-corrected chi connectivity index (χ3v) is 6.22. The highest BCUT2D eigenvalue weighted by atomic mass is 32.2. The number of anilines is 2. The van der Waals surface area contributed by atoms with Crippen LogP contribution in [0.3, 0.4) is 0 Å². The number of H-pyrrole nitrogens is 1. The van der Waals surface area contributed by atoms with Crippen LogP contribution in [-0.2, 0) is 15.4 Å². The van der Waals surface area contributed by atoms with Crippen molar-refractivity contribution in [1.82, 2.24) is 15.2 Å². The molecule has 0 saturated carbocycles. The quantitative estimate of drug-likeness (QED) is 0.454. The second-order valence-corrected chi connectivity index (χ2v) is 9.82. The van der Waals surface area contributed by atoms with Gasteiger partial charge in [-0.05, 0) is 41.5 Å². The van der Waals surface area contributed by atoms with Crippen molar-refractivity contribution in [2.75, 3.05) is 10.5 Å². The maximum Gasteiger partial charge on any atom is 0.261 e. The number of fused-ring (bicyclic) bond motifs is 1. The summed E-state index contributed by atoms with van der Waals surface area (Å²) in [5.41, 5.74) is 9.65. The Balaban J connectivity index is 1.73. The van der Waals surface area contributed by atoms with Gasteiger partial charge in [0.15, 0.2) is 5.65 Å². The van der Waals surface area contributed by atoms with Crippen molar-refractivity contribution in [2.24, 2.45) is 0 Å². The summed E-state index contributed by atoms with van der Waals surface area (Å²) in [6.45, 7) is 6.26. The lowest BCUT2D eigenvalue weighted by molar-refractivity contribution is 0.571. The Labute approximate surface area is 175 Å². The van der Waals surface area contributed by atoms with Crippen LogP contribution in [0.15, 0.2) is 65.6 Å². The molecule has 7 nitrogen and oxygen atoms in total. The monoisotopic (exact) mass is 421 g/mol. The van der Waals surface area contributed by atoms with E-state index >= 15 is 0 Å². The Morgan fingerprint density at radius 2 is 1.67 bits per heavy atom. The van der Waals surface area contributed by atoms with Crippen molar-refractivity contribution >= 4 is 32.6 Å². The Hall–Kier alpha value is -3.39. The molecular weight excluding hydrogens is 398 g/mol. The van der Waals surface area contributed by atoms with Crippen LogP contribution in [-0.4, -0.2) is 23.6 Å². The Morgan fingerprint density at radius 3 is 2.30 bits per heavy atom. The van der Waals surface area contributed by atoms with E-state index in [0.717, 1.165) is 22.2 Å². The van der Waals surface area contributed by atoms with Crippen molar-refractivity contribution < 1.29 is 8.42 Å². The van der Waals surface area contributed by atoms with Gasteiger partial charge >= 0.3 is 0 Å². The number of nitrogens with two attached hydrogens (primary N) is 1. The van der Waals surface area contributed by atoms with Crippen molar-refractivity contribution in [1.29, 1.82) is 0 Å². The van der Waals surface area contributed by atoms with Crippen LogP contribution < -0.4 is 10.5 Å². The topological polar surface area (TPSA) is 114 Å². The average Bonchev–Trinajstić information content (AvgIpc) is 3.09. The van der Waals surface area contributed by atoms with Gasteiger partial charge < -0.3 is 5.73 Å². The molecule has 8 heteroatoms. The van der Waals surface area contributed by atoms with E-state index < -0.39 is 10.0 Å². The first kappa shape index (κ1) is 19.9. The number of pyridine rings is 1. The van der Waals surface area contributed by atoms with E-state index in [9.17, 15) is 8.42 Å². The van der Waals surface area contributed by atoms with Gasteiger partial charge in [-0.2, -0.15) is 5.10 Å². The van der Waals surface area contributed by atoms with Crippen molar-refractivity contribution in [3.8, 4) is 11.1 Å². The van der Waals surface area contributed by atoms with E-state index in [1.165, 1.54) is 0 Å². The SMILES string of the molecule is CC(C)(C)c1cc(-c2ccc(NS(=O)(=O)c3ccccc3)cc2)c2c(N)[nH]nc2n1. The van der Waals surface area contributed by atoms with Gasteiger partial charge in [0.2, 0.25) is 0 Å². The summed E-state index contributed by atoms with van der Waals surface area (Å²) in [6.07, 6.45) is 0. The number of aromatic nitrogens is 3. The summed E-state index contributed by atoms with van der Waals surface area (Å²) < 4.78 is 27.7. The first-order valence-corrected chi connectivity index (χ1v) is 11.0. The third-order valence-electron chi connectivity index (χ3n) is 4.82. The summed E-state index contributed by atoms with van der Waals surface area (Å²) in [4.78, 5) is 4.85. The average molecular weight is 422 g/mol. The van der Waals surface area contributed by atoms with Crippen molar-refractivity contribution in [2.45, 2.75) is 31.1 Å². The lowest BCUT2D eigenvalue weighted by Crippen LogP contribution is -2.14. The lowest BCUT2D eigenvalue weighted by atomic mass is 9.89. The minimum Gasteiger partial charge on any atom is -0.383 e. The Kier molecular flexibility index (Phi) is 4.74. The van der Waals surface area contributed by atoms with E-state index in [4.69, 9.17) is 5.73 Å². The molecule has 0 aliphatic carbocycles. The maximum atomic E-state index is 12.5. The standard InChI is InChI=1S/C22H23N5O2S/c1-22(2,3)18-13-17(19-20(23)25-26-21(19)24-18)14-9-11-15(12-10-14)27-30(28,29)16-7-5-4-6-8-16/h4-13,27H,1-3H3,(H3,23,24,25,26). The fraction of sp³-hybridized carbons (Fsp3) is 0.182. The van der Waals surface area contributed by atoms with Gasteiger partial charge in [-0.3, -0.25) is 9.82 Å². The minimum atomic E-state index is -3.64. The maximum absolute atomic E-state index is 12.5. The molecule has 154 valence electrons. The van der Waals surface area contributed by atoms with Gasteiger partial charge in [0, 0.05) is 16.8 Å². The van der Waals surface area contributed by atoms with Gasteiger partial charge in [0.05, 0.1) is 10.3 Å². The zero-order chi connectivity index (χ0) is 21.5. The summed E-state index contributed by atoms with van der Waals surface area (Å²) in [5, 5.41) is 7.78. The molecule has 0 amide bonds. The van der Waals surface area contributed by atoms with E-state index in [-0.39, 0.29) is 10.3 Å². The molecule has 0 unspecified atom stereocenters. The van der Waals surface area contributed by atoms with Gasteiger partial charge in [0.25, 0.3) is 10.0 Å². The Morgan fingerprint density at radius 1 is 1.00 bits per heavy atom. The minimum absolute atomic E-state index is 0.165. The van der Waals surface area contributed by atoms with E-state index in [0.29, 0.717) is 17.2 Å². The van der Waals surface area contributed by atoms with Gasteiger partial charge in [-0.1, -0.05) is 51.1 Å². The third kappa shape index (κ3) is 3.73. The molecule has 30 heavy (non-hydrogen) atoms. The molecule has 2 aromatic heterocycles. The van der Waals surface area contributed by atoms with Crippen molar-refractivity contribution in [3.05, 3.63) is 66.4 Å². The number of nitrogen functional groups attached to an aromatic ring is 1. The molecule has 0 aliphatic rings. The van der Waals surface area contributed by atoms with Gasteiger partial charge in [-0.15, -0.1) is 0 Å². The number of benzene rings is 2. The molecule has 2 aromatic carbocycles. The van der Waals surface area contributed by atoms with Crippen LogP contribution in [0.1, 0.15) is 26.5 Å². The van der Waals surface area contributed by atoms with Crippen LogP contribution in [0.2, 0.25) is 0 Å². The number of nitrogens with zero attached hydrogens (tertiary/aromatic N) is 2. The molecule has 0 aliphatic heterocycles. The van der Waals surface area contributed by atoms with E-state index in [2.05, 4.69) is 40.7 Å². The number of rotatable bonds is 4. The normalized spacial score (nSPS) is 12.2. The second kappa shape index (κ2) is 7.14. The molecule has 4 rings (SSSR count). The lowest BCUT2D eigenvalue weighted by Gasteiger charge is -2.19. The van der Waals surface area contributed by atoms with Crippen LogP contribution >= 0.6 is 0 Å². The predicted molar refractivity (Wildman–Crippen MR) is 120 cm³/mol. The number of nitrogens with one attached hydrogen (secondary N) is 2. The van der Waals surface area contributed by atoms with Gasteiger partial charge in [-0.25, -0.2) is 13.4 Å². The fourth-order valence-electron chi connectivity index (χ4n) is 3.19.